The first-order chi connectivity index (χ1) is 61.5. The SMILES string of the molecule is CC1(C)c2ccccc2-c2cc(N(c3cc(-n4c5ccccc5c5ccccc54)cc(-n4c5ccccc5c5ccccc54)c3)c3ccc4c(c3)-c3ccccc3C4(C)C)ccc21.CC1(C)c2ccccc2-c2ccc(N(c3cc(-c4ccc5oc6ccccc6c5c4)cc(-c4ccc5oc6ccccc6c5c4)c3)c3ccc4c(c3)C(C)(C)c3ccccc3-4)cc21. The predicted octanol–water partition coefficient (Wildman–Crippen LogP) is 32.9. The van der Waals surface area contributed by atoms with Crippen LogP contribution in [0.4, 0.5) is 34.1 Å². The van der Waals surface area contributed by atoms with E-state index in [0.717, 1.165) is 112 Å². The molecule has 22 aromatic rings. The molecule has 600 valence electrons. The topological polar surface area (TPSA) is 42.6 Å². The number of rotatable bonds is 10. The Labute approximate surface area is 732 Å². The number of anilines is 6. The van der Waals surface area contributed by atoms with Crippen molar-refractivity contribution < 1.29 is 8.83 Å². The number of para-hydroxylation sites is 6. The Morgan fingerprint density at radius 1 is 0.183 bits per heavy atom. The Hall–Kier alpha value is -15.2. The van der Waals surface area contributed by atoms with Gasteiger partial charge in [0.2, 0.25) is 0 Å². The Morgan fingerprint density at radius 3 is 0.857 bits per heavy atom. The van der Waals surface area contributed by atoms with Crippen LogP contribution >= 0.6 is 0 Å². The van der Waals surface area contributed by atoms with Gasteiger partial charge in [-0.05, 0) is 257 Å². The highest BCUT2D eigenvalue weighted by atomic mass is 16.3. The average Bonchev–Trinajstić information content (AvgIpc) is 1.57. The number of fused-ring (bicyclic) bond motifs is 24. The lowest BCUT2D eigenvalue weighted by atomic mass is 9.82. The van der Waals surface area contributed by atoms with Gasteiger partial charge in [0.15, 0.2) is 0 Å². The van der Waals surface area contributed by atoms with E-state index in [0.29, 0.717) is 0 Å². The molecule has 0 spiro atoms. The monoisotopic (exact) mass is 1620 g/mol. The van der Waals surface area contributed by atoms with Gasteiger partial charge in [0.05, 0.1) is 39.1 Å². The Bertz CT molecular complexity index is 7810. The quantitative estimate of drug-likeness (QED) is 0.137. The van der Waals surface area contributed by atoms with Gasteiger partial charge >= 0.3 is 0 Å². The van der Waals surface area contributed by atoms with Crippen molar-refractivity contribution in [3.05, 3.63) is 433 Å². The van der Waals surface area contributed by atoms with Gasteiger partial charge in [-0.25, -0.2) is 0 Å². The maximum absolute atomic E-state index is 6.32. The average molecular weight is 1620 g/mol. The molecule has 0 radical (unpaired) electrons. The molecular weight excluding hydrogens is 1530 g/mol. The van der Waals surface area contributed by atoms with E-state index in [1.165, 1.54) is 133 Å². The molecule has 126 heavy (non-hydrogen) atoms. The van der Waals surface area contributed by atoms with Gasteiger partial charge in [0, 0.05) is 93.2 Å². The van der Waals surface area contributed by atoms with Crippen molar-refractivity contribution in [3.63, 3.8) is 0 Å². The summed E-state index contributed by atoms with van der Waals surface area (Å²) in [4.78, 5) is 5.00. The molecule has 0 bridgehead atoms. The summed E-state index contributed by atoms with van der Waals surface area (Å²) in [5.74, 6) is 0. The summed E-state index contributed by atoms with van der Waals surface area (Å²) in [5, 5.41) is 9.43. The minimum Gasteiger partial charge on any atom is -0.456 e. The van der Waals surface area contributed by atoms with Crippen molar-refractivity contribution >= 4 is 122 Å². The third kappa shape index (κ3) is 10.9. The molecule has 0 N–H and O–H groups in total. The van der Waals surface area contributed by atoms with Crippen molar-refractivity contribution in [2.45, 2.75) is 77.0 Å². The van der Waals surface area contributed by atoms with Crippen LogP contribution in [-0.2, 0) is 21.7 Å². The molecule has 0 unspecified atom stereocenters. The number of benzene rings is 18. The molecule has 4 aliphatic rings. The number of hydrogen-bond acceptors (Lipinski definition) is 4. The van der Waals surface area contributed by atoms with Gasteiger partial charge in [-0.15, -0.1) is 0 Å². The number of aromatic nitrogens is 2. The smallest absolute Gasteiger partial charge is 0.135 e. The fourth-order valence-electron chi connectivity index (χ4n) is 22.5. The van der Waals surface area contributed by atoms with Crippen LogP contribution in [0.1, 0.15) is 99.9 Å². The van der Waals surface area contributed by atoms with Gasteiger partial charge in [0.1, 0.15) is 22.3 Å². The molecular formula is C120H88N4O2. The van der Waals surface area contributed by atoms with Crippen molar-refractivity contribution in [2.24, 2.45) is 0 Å². The lowest BCUT2D eigenvalue weighted by Gasteiger charge is -2.30. The zero-order chi connectivity index (χ0) is 84.4. The fraction of sp³-hybridized carbons (Fsp3) is 0.100. The summed E-state index contributed by atoms with van der Waals surface area (Å²) in [6, 6.07) is 144. The maximum atomic E-state index is 6.32. The largest absolute Gasteiger partial charge is 0.456 e. The molecule has 26 rings (SSSR count). The minimum absolute atomic E-state index is 0.0989. The fourth-order valence-corrected chi connectivity index (χ4v) is 22.5. The summed E-state index contributed by atoms with van der Waals surface area (Å²) in [6.07, 6.45) is 0. The second kappa shape index (κ2) is 27.1. The van der Waals surface area contributed by atoms with E-state index in [1.54, 1.807) is 0 Å². The van der Waals surface area contributed by atoms with E-state index in [4.69, 9.17) is 8.83 Å². The van der Waals surface area contributed by atoms with Crippen molar-refractivity contribution in [2.75, 3.05) is 9.80 Å². The van der Waals surface area contributed by atoms with Gasteiger partial charge in [-0.2, -0.15) is 0 Å². The lowest BCUT2D eigenvalue weighted by molar-refractivity contribution is 0.660. The Balaban J connectivity index is 0.000000137. The first kappa shape index (κ1) is 73.5. The van der Waals surface area contributed by atoms with E-state index in [9.17, 15) is 0 Å². The van der Waals surface area contributed by atoms with E-state index >= 15 is 0 Å². The van der Waals surface area contributed by atoms with Crippen molar-refractivity contribution in [3.8, 4) is 78.1 Å². The zero-order valence-corrected chi connectivity index (χ0v) is 71.6. The van der Waals surface area contributed by atoms with Crippen molar-refractivity contribution in [1.29, 1.82) is 0 Å². The van der Waals surface area contributed by atoms with Gasteiger partial charge in [-0.3, -0.25) is 0 Å². The van der Waals surface area contributed by atoms with Gasteiger partial charge < -0.3 is 27.8 Å². The Kier molecular flexibility index (Phi) is 15.8. The highest BCUT2D eigenvalue weighted by molar-refractivity contribution is 6.13. The molecule has 0 atom stereocenters. The van der Waals surface area contributed by atoms with Crippen LogP contribution in [0.2, 0.25) is 0 Å². The van der Waals surface area contributed by atoms with Crippen LogP contribution in [0, 0.1) is 0 Å². The summed E-state index contributed by atoms with van der Waals surface area (Å²) in [7, 11) is 0. The van der Waals surface area contributed by atoms with Crippen LogP contribution in [0.25, 0.3) is 166 Å². The first-order valence-corrected chi connectivity index (χ1v) is 44.2. The zero-order valence-electron chi connectivity index (χ0n) is 71.6. The van der Waals surface area contributed by atoms with E-state index in [-0.39, 0.29) is 21.7 Å². The third-order valence-corrected chi connectivity index (χ3v) is 28.7. The summed E-state index contributed by atoms with van der Waals surface area (Å²) >= 11 is 0. The molecule has 0 saturated carbocycles. The molecule has 0 fully saturated rings. The molecule has 0 amide bonds. The summed E-state index contributed by atoms with van der Waals surface area (Å²) in [6.45, 7) is 18.9. The van der Waals surface area contributed by atoms with Gasteiger partial charge in [0.25, 0.3) is 0 Å². The second-order valence-electron chi connectivity index (χ2n) is 37.1. The van der Waals surface area contributed by atoms with Crippen LogP contribution in [0.15, 0.2) is 397 Å². The van der Waals surface area contributed by atoms with Crippen LogP contribution < -0.4 is 9.80 Å². The second-order valence-corrected chi connectivity index (χ2v) is 37.1. The Morgan fingerprint density at radius 2 is 0.468 bits per heavy atom. The van der Waals surface area contributed by atoms with E-state index < -0.39 is 0 Å². The summed E-state index contributed by atoms with van der Waals surface area (Å²) in [5.41, 5.74) is 42.5. The molecule has 4 aliphatic carbocycles. The number of furan rings is 2. The highest BCUT2D eigenvalue weighted by Gasteiger charge is 2.41. The standard InChI is InChI=1S/C60H45N3.C60H43NO2/c1-59(2)51-23-11-5-17-43(51)49-36-38(29-31-53(49)59)61(39-30-32-54-50(37-39)44-18-6-12-24-52(44)60(54,3)4)40-33-41(62-55-25-13-7-19-45(55)46-20-8-14-26-56(46)62)35-42(34-40)63-57-27-15-9-21-47(57)48-22-10-16-28-58(48)63;1-59(2)51-17-9-5-13-43(51)45-25-23-40(34-53(45)59)61(41-24-26-46-44-14-6-10-18-52(44)60(3,4)54(46)35-41)42-30-38(36-21-27-57-49(32-36)47-15-7-11-19-55(47)62-57)29-39(31-42)37-22-28-58-50(33-37)48-16-8-12-20-56(48)63-58/h5-37H,1-4H3;5-35H,1-4H3. The van der Waals surface area contributed by atoms with Crippen LogP contribution in [0.5, 0.6) is 0 Å². The molecule has 18 aromatic carbocycles. The van der Waals surface area contributed by atoms with E-state index in [2.05, 4.69) is 438 Å². The third-order valence-electron chi connectivity index (χ3n) is 28.7. The lowest BCUT2D eigenvalue weighted by Crippen LogP contribution is -2.18. The number of hydrogen-bond donors (Lipinski definition) is 0. The van der Waals surface area contributed by atoms with Crippen LogP contribution in [-0.4, -0.2) is 9.13 Å². The van der Waals surface area contributed by atoms with Gasteiger partial charge in [-0.1, -0.05) is 298 Å². The molecule has 4 aromatic heterocycles. The highest BCUT2D eigenvalue weighted by Crippen LogP contribution is 2.58. The van der Waals surface area contributed by atoms with Crippen molar-refractivity contribution in [1.82, 2.24) is 9.13 Å². The van der Waals surface area contributed by atoms with E-state index in [1.807, 2.05) is 24.3 Å². The summed E-state index contributed by atoms with van der Waals surface area (Å²) < 4.78 is 17.6. The molecule has 0 aliphatic heterocycles. The first-order valence-electron chi connectivity index (χ1n) is 44.2. The minimum atomic E-state index is -0.159. The normalized spacial score (nSPS) is 14.3. The molecule has 4 heterocycles. The molecule has 0 saturated heterocycles. The predicted molar refractivity (Wildman–Crippen MR) is 527 cm³/mol. The maximum Gasteiger partial charge on any atom is 0.135 e. The van der Waals surface area contributed by atoms with Crippen LogP contribution in [0.3, 0.4) is 0 Å². The molecule has 6 heteroatoms. The number of nitrogens with zero attached hydrogens (tertiary/aromatic N) is 4. The molecule has 6 nitrogen and oxygen atoms in total.